The first-order valence-electron chi connectivity index (χ1n) is 10.00. The number of aryl methyl sites for hydroxylation is 1. The maximum Gasteiger partial charge on any atom is 0.469 e. The molecule has 0 radical (unpaired) electrons. The number of aliphatic hydroxyl groups excluding tert-OH is 1. The molecule has 1 aromatic heterocycles. The van der Waals surface area contributed by atoms with Crippen LogP contribution in [-0.4, -0.2) is 47.8 Å². The van der Waals surface area contributed by atoms with Crippen LogP contribution < -0.4 is 5.73 Å². The van der Waals surface area contributed by atoms with Crippen LogP contribution in [0.5, 0.6) is 0 Å². The molecule has 1 aromatic carbocycles. The number of anilines is 1. The lowest BCUT2D eigenvalue weighted by atomic mass is 10.2. The zero-order valence-electron chi connectivity index (χ0n) is 18.8. The third kappa shape index (κ3) is 9.40. The summed E-state index contributed by atoms with van der Waals surface area (Å²) in [6.45, 7) is 2.81. The van der Waals surface area contributed by atoms with Gasteiger partial charge >= 0.3 is 7.82 Å². The molecule has 1 amide bonds. The molecule has 190 valence electrons. The van der Waals surface area contributed by atoms with E-state index in [1.165, 1.54) is 29.3 Å². The molecule has 2 rings (SSSR count). The van der Waals surface area contributed by atoms with Crippen molar-refractivity contribution in [3.05, 3.63) is 69.7 Å². The number of phosphoric acid groups is 1. The van der Waals surface area contributed by atoms with Gasteiger partial charge in [0.1, 0.15) is 23.3 Å². The highest BCUT2D eigenvalue weighted by molar-refractivity contribution is 8.02. The number of aliphatic hydroxyl groups is 1. The molecule has 0 aliphatic rings. The molecule has 0 bridgehead atoms. The van der Waals surface area contributed by atoms with Crippen LogP contribution in [0, 0.1) is 18.6 Å². The Kier molecular flexibility index (Phi) is 10.4. The highest BCUT2D eigenvalue weighted by atomic mass is 32.1. The van der Waals surface area contributed by atoms with Gasteiger partial charge in [0, 0.05) is 40.4 Å². The molecule has 0 aliphatic heterocycles. The fraction of sp³-hybridized carbons (Fsp3) is 0.238. The van der Waals surface area contributed by atoms with Crippen molar-refractivity contribution in [2.24, 2.45) is 0 Å². The van der Waals surface area contributed by atoms with Gasteiger partial charge in [0.05, 0.1) is 18.2 Å². The van der Waals surface area contributed by atoms with E-state index < -0.39 is 26.1 Å². The van der Waals surface area contributed by atoms with Crippen molar-refractivity contribution in [3.8, 4) is 0 Å². The third-order valence-corrected chi connectivity index (χ3v) is 6.27. The van der Waals surface area contributed by atoms with E-state index in [1.807, 2.05) is 0 Å². The Balaban J connectivity index is 2.37. The van der Waals surface area contributed by atoms with Gasteiger partial charge in [-0.15, -0.1) is 11.4 Å². The number of carbonyl (C=O) groups excluding carboxylic acids is 1. The molecule has 0 saturated heterocycles. The average Bonchev–Trinajstić information content (AvgIpc) is 2.76. The second kappa shape index (κ2) is 12.8. The van der Waals surface area contributed by atoms with E-state index in [-0.39, 0.29) is 40.7 Å². The zero-order valence-corrected chi connectivity index (χ0v) is 20.6. The van der Waals surface area contributed by atoms with Gasteiger partial charge in [-0.3, -0.25) is 9.32 Å². The first-order valence-corrected chi connectivity index (χ1v) is 12.4. The lowest BCUT2D eigenvalue weighted by molar-refractivity contribution is -0.116. The van der Waals surface area contributed by atoms with E-state index in [0.29, 0.717) is 34.5 Å². The maximum atomic E-state index is 13.8. The van der Waals surface area contributed by atoms with Crippen molar-refractivity contribution < 1.29 is 37.6 Å². The number of phosphoric ester groups is 1. The number of nitrogens with two attached hydrogens (primary N) is 1. The summed E-state index contributed by atoms with van der Waals surface area (Å²) in [7, 11) is -4.74. The summed E-state index contributed by atoms with van der Waals surface area (Å²) in [6, 6.07) is 2.96. The van der Waals surface area contributed by atoms with Gasteiger partial charge in [0.25, 0.3) is 0 Å². The van der Waals surface area contributed by atoms with Crippen molar-refractivity contribution in [2.75, 3.05) is 12.3 Å². The molecule has 2 aromatic rings. The number of aromatic nitrogens is 2. The monoisotopic (exact) mass is 530 g/mol. The number of thiol groups is 1. The lowest BCUT2D eigenvalue weighted by Crippen LogP contribution is -2.22. The molecule has 0 fully saturated rings. The topological polar surface area (TPSA) is 159 Å². The number of allylic oxidation sites excluding steroid dienone is 1. The number of hydrogen-bond acceptors (Lipinski definition) is 6. The first-order chi connectivity index (χ1) is 16.4. The summed E-state index contributed by atoms with van der Waals surface area (Å²) < 4.78 is 42.5. The van der Waals surface area contributed by atoms with Crippen LogP contribution in [0.25, 0.3) is 6.08 Å². The smallest absolute Gasteiger partial charge is 0.383 e. The quantitative estimate of drug-likeness (QED) is 0.0967. The summed E-state index contributed by atoms with van der Waals surface area (Å²) in [6.07, 6.45) is 4.35. The summed E-state index contributed by atoms with van der Waals surface area (Å²) in [5, 5.41) is 10.1. The van der Waals surface area contributed by atoms with Crippen LogP contribution in [0.2, 0.25) is 0 Å². The SMILES string of the molecule is C/C(=C(CCOP(=O)(O)O)/[SH]=C(O)\C=C\c1ccc(F)cc1F)N(C=O)Cc1cnc(C)nc1N. The molecule has 10 nitrogen and oxygen atoms in total. The Hall–Kier alpha value is -2.80. The predicted octanol–water partition coefficient (Wildman–Crippen LogP) is 3.20. The predicted molar refractivity (Wildman–Crippen MR) is 130 cm³/mol. The molecule has 14 heteroatoms. The number of nitrogens with zero attached hydrogens (tertiary/aromatic N) is 3. The Morgan fingerprint density at radius 3 is 2.66 bits per heavy atom. The second-order valence-electron chi connectivity index (χ2n) is 7.14. The molecule has 1 heterocycles. The Labute approximate surface area is 204 Å². The zero-order chi connectivity index (χ0) is 26.2. The maximum absolute atomic E-state index is 13.8. The minimum atomic E-state index is -4.74. The Bertz CT molecular complexity index is 1220. The van der Waals surface area contributed by atoms with E-state index in [9.17, 15) is 23.2 Å². The molecule has 0 atom stereocenters. The summed E-state index contributed by atoms with van der Waals surface area (Å²) >= 11 is 0.153. The third-order valence-electron chi connectivity index (χ3n) is 4.56. The number of halogens is 2. The summed E-state index contributed by atoms with van der Waals surface area (Å²) in [5.41, 5.74) is 6.75. The van der Waals surface area contributed by atoms with Crippen molar-refractivity contribution in [3.63, 3.8) is 0 Å². The molecular weight excluding hydrogens is 505 g/mol. The van der Waals surface area contributed by atoms with Gasteiger partial charge in [-0.05, 0) is 38.1 Å². The fourth-order valence-corrected chi connectivity index (χ4v) is 4.02. The minimum absolute atomic E-state index is 0.00277. The van der Waals surface area contributed by atoms with E-state index >= 15 is 0 Å². The van der Waals surface area contributed by atoms with Crippen LogP contribution in [0.3, 0.4) is 0 Å². The fourth-order valence-electron chi connectivity index (χ4n) is 2.77. The number of benzene rings is 1. The second-order valence-corrected chi connectivity index (χ2v) is 9.60. The van der Waals surface area contributed by atoms with Crippen LogP contribution in [0.1, 0.15) is 30.3 Å². The number of hydrogen-bond donors (Lipinski definition) is 5. The Morgan fingerprint density at radius 1 is 1.34 bits per heavy atom. The van der Waals surface area contributed by atoms with Crippen molar-refractivity contribution in [1.29, 1.82) is 0 Å². The Morgan fingerprint density at radius 2 is 2.06 bits per heavy atom. The molecule has 0 unspecified atom stereocenters. The first kappa shape index (κ1) is 28.4. The number of nitrogen functional groups attached to an aromatic ring is 1. The number of amides is 1. The molecule has 35 heavy (non-hydrogen) atoms. The highest BCUT2D eigenvalue weighted by Gasteiger charge is 2.16. The van der Waals surface area contributed by atoms with Crippen molar-refractivity contribution in [2.45, 2.75) is 26.8 Å². The van der Waals surface area contributed by atoms with Crippen molar-refractivity contribution in [1.82, 2.24) is 14.9 Å². The largest absolute Gasteiger partial charge is 0.469 e. The van der Waals surface area contributed by atoms with E-state index in [1.54, 1.807) is 13.8 Å². The van der Waals surface area contributed by atoms with Gasteiger partial charge in [0.2, 0.25) is 6.41 Å². The van der Waals surface area contributed by atoms with Crippen LogP contribution in [0.15, 0.2) is 41.1 Å². The van der Waals surface area contributed by atoms with Gasteiger partial charge in [-0.2, -0.15) is 0 Å². The molecule has 0 saturated carbocycles. The molecular formula is C21H25F2N4O6PS. The van der Waals surface area contributed by atoms with E-state index in [2.05, 4.69) is 14.5 Å². The highest BCUT2D eigenvalue weighted by Crippen LogP contribution is 2.36. The lowest BCUT2D eigenvalue weighted by Gasteiger charge is -2.21. The van der Waals surface area contributed by atoms with Crippen LogP contribution >= 0.6 is 19.2 Å². The van der Waals surface area contributed by atoms with Gasteiger partial charge in [0.15, 0.2) is 0 Å². The molecule has 0 spiro atoms. The summed E-state index contributed by atoms with van der Waals surface area (Å²) in [5.74, 6) is -0.934. The van der Waals surface area contributed by atoms with Gasteiger partial charge in [-0.1, -0.05) is 0 Å². The minimum Gasteiger partial charge on any atom is -0.383 e. The average molecular weight is 530 g/mol. The van der Waals surface area contributed by atoms with Gasteiger partial charge in [-0.25, -0.2) is 23.3 Å². The molecule has 0 aliphatic carbocycles. The normalized spacial score (nSPS) is 13.4. The van der Waals surface area contributed by atoms with Crippen LogP contribution in [-0.2, 0) is 20.4 Å². The summed E-state index contributed by atoms with van der Waals surface area (Å²) in [4.78, 5) is 39.5. The van der Waals surface area contributed by atoms with E-state index in [0.717, 1.165) is 6.07 Å². The van der Waals surface area contributed by atoms with Gasteiger partial charge < -0.3 is 25.5 Å². The van der Waals surface area contributed by atoms with E-state index in [4.69, 9.17) is 15.5 Å². The number of carbonyl (C=O) groups is 1. The van der Waals surface area contributed by atoms with Crippen LogP contribution in [0.4, 0.5) is 14.6 Å². The number of rotatable bonds is 11. The van der Waals surface area contributed by atoms with Crippen molar-refractivity contribution >= 4 is 42.5 Å². The standard InChI is InChI=1S/C21H25F2N4O6PS/c1-13(27(12-28)11-16-10-25-14(2)26-21(16)24)19(7-8-33-34(30,31)32)35-20(29)6-4-15-3-5-17(22)9-18(15)23/h3-6,9-10,12,29,35H,7-8,11H2,1-2H3,(H2,24,25,26)(H2,30,31,32)/b6-4+,19-13-. The molecule has 5 N–H and O–H groups in total.